The predicted molar refractivity (Wildman–Crippen MR) is 143 cm³/mol. The number of amides is 1. The maximum atomic E-state index is 15.3. The number of hydrogen-bond acceptors (Lipinski definition) is 10. The van der Waals surface area contributed by atoms with Gasteiger partial charge in [0.25, 0.3) is 0 Å². The largest absolute Gasteiger partial charge is 0.463 e. The van der Waals surface area contributed by atoms with Crippen LogP contribution in [0, 0.1) is 24.2 Å². The molecule has 13 heteroatoms. The average Bonchev–Trinajstić information content (AvgIpc) is 3.69. The summed E-state index contributed by atoms with van der Waals surface area (Å²) >= 11 is 1.23. The van der Waals surface area contributed by atoms with Crippen molar-refractivity contribution in [1.29, 1.82) is 0 Å². The lowest BCUT2D eigenvalue weighted by Crippen LogP contribution is -2.64. The van der Waals surface area contributed by atoms with Crippen LogP contribution in [0.1, 0.15) is 30.2 Å². The molecule has 3 atom stereocenters. The predicted octanol–water partition coefficient (Wildman–Crippen LogP) is 2.15. The Balaban J connectivity index is 1.29. The molecular formula is C27H26F2N6O4S. The fourth-order valence-electron chi connectivity index (χ4n) is 5.75. The number of pyridine rings is 1. The lowest BCUT2D eigenvalue weighted by molar-refractivity contribution is -0.168. The number of thioether (sulfide) groups is 1. The molecule has 40 heavy (non-hydrogen) atoms. The molecule has 1 aliphatic carbocycles. The Morgan fingerprint density at radius 1 is 1.25 bits per heavy atom. The van der Waals surface area contributed by atoms with E-state index in [2.05, 4.69) is 25.9 Å². The third-order valence-electron chi connectivity index (χ3n) is 7.72. The van der Waals surface area contributed by atoms with Crippen molar-refractivity contribution in [3.63, 3.8) is 0 Å². The lowest BCUT2D eigenvalue weighted by Gasteiger charge is -2.47. The van der Waals surface area contributed by atoms with E-state index in [9.17, 15) is 4.79 Å². The number of aromatic nitrogens is 3. The van der Waals surface area contributed by atoms with E-state index in [0.29, 0.717) is 32.8 Å². The summed E-state index contributed by atoms with van der Waals surface area (Å²) < 4.78 is 45.9. The standard InChI is InChI=1S/C27H26F2N6O4S/c1-3-4-39-22-10-31-20(9-32-22)19(28)6-15-5-18(23(29)33-8-15)26(2)21-7-27(21,40-25(30)34-26)24(36)35-16-11-37-13-17(35)14-38-12-16/h1,5-6,8-10,16-17,21H,4,7,11-14H2,2H3,(H2,30,34)/b19-6-/t16?,17?,21-,26+,27-/m0/s1. The quantitative estimate of drug-likeness (QED) is 0.412. The minimum absolute atomic E-state index is 0.0105. The third kappa shape index (κ3) is 4.49. The smallest absolute Gasteiger partial charge is 0.240 e. The molecule has 5 heterocycles. The van der Waals surface area contributed by atoms with Crippen molar-refractivity contribution in [2.75, 3.05) is 33.0 Å². The summed E-state index contributed by atoms with van der Waals surface area (Å²) in [7, 11) is 0. The number of carbonyl (C=O) groups is 1. The molecule has 4 aliphatic rings. The second-order valence-corrected chi connectivity index (χ2v) is 11.6. The molecule has 2 saturated heterocycles. The molecule has 6 rings (SSSR count). The van der Waals surface area contributed by atoms with Crippen molar-refractivity contribution in [3.05, 3.63) is 47.4 Å². The number of amidine groups is 1. The van der Waals surface area contributed by atoms with E-state index >= 15 is 8.78 Å². The molecule has 208 valence electrons. The summed E-state index contributed by atoms with van der Waals surface area (Å²) in [5.74, 6) is 0.603. The highest BCUT2D eigenvalue weighted by Crippen LogP contribution is 2.66. The Morgan fingerprint density at radius 3 is 2.62 bits per heavy atom. The minimum atomic E-state index is -1.18. The van der Waals surface area contributed by atoms with Crippen LogP contribution in [0.2, 0.25) is 0 Å². The molecule has 10 nitrogen and oxygen atoms in total. The number of morpholine rings is 2. The molecule has 0 aromatic carbocycles. The molecule has 0 unspecified atom stereocenters. The fraction of sp³-hybridized carbons (Fsp3) is 0.444. The molecule has 2 aromatic heterocycles. The van der Waals surface area contributed by atoms with Crippen molar-refractivity contribution in [1.82, 2.24) is 19.9 Å². The van der Waals surface area contributed by atoms with E-state index in [4.69, 9.17) is 26.4 Å². The van der Waals surface area contributed by atoms with Gasteiger partial charge in [0.05, 0.1) is 56.4 Å². The first-order chi connectivity index (χ1) is 19.2. The van der Waals surface area contributed by atoms with E-state index in [1.165, 1.54) is 42.5 Å². The highest BCUT2D eigenvalue weighted by molar-refractivity contribution is 8.15. The van der Waals surface area contributed by atoms with Gasteiger partial charge in [0, 0.05) is 17.7 Å². The van der Waals surface area contributed by atoms with Crippen molar-refractivity contribution in [3.8, 4) is 18.2 Å². The van der Waals surface area contributed by atoms with Crippen molar-refractivity contribution in [2.45, 2.75) is 35.7 Å². The third-order valence-corrected chi connectivity index (χ3v) is 9.01. The average molecular weight is 569 g/mol. The number of rotatable bonds is 6. The Morgan fingerprint density at radius 2 is 1.98 bits per heavy atom. The SMILES string of the molecule is C#CCOc1cnc(/C(F)=C/c2cnc(F)c([C@@]3(C)N=C(N)S[C@@]4(C(=O)N5C6COCC5COC6)C[C@H]43)c2)cn1. The van der Waals surface area contributed by atoms with Gasteiger partial charge in [0.15, 0.2) is 17.6 Å². The zero-order valence-corrected chi connectivity index (χ0v) is 22.4. The highest BCUT2D eigenvalue weighted by Gasteiger charge is 2.72. The van der Waals surface area contributed by atoms with Crippen LogP contribution in [-0.2, 0) is 19.8 Å². The van der Waals surface area contributed by atoms with Gasteiger partial charge in [-0.3, -0.25) is 9.79 Å². The Labute approximate surface area is 233 Å². The highest BCUT2D eigenvalue weighted by atomic mass is 32.2. The zero-order chi connectivity index (χ0) is 28.1. The Hall–Kier alpha value is -3.60. The number of halogens is 2. The molecule has 1 saturated carbocycles. The van der Waals surface area contributed by atoms with Crippen LogP contribution in [0.3, 0.4) is 0 Å². The molecular weight excluding hydrogens is 542 g/mol. The molecule has 3 aliphatic heterocycles. The van der Waals surface area contributed by atoms with Crippen LogP contribution in [0.25, 0.3) is 11.9 Å². The number of carbonyl (C=O) groups excluding carboxylic acids is 1. The number of fused-ring (bicyclic) bond motifs is 3. The van der Waals surface area contributed by atoms with Gasteiger partial charge in [-0.1, -0.05) is 17.7 Å². The number of terminal acetylenes is 1. The number of hydrogen-bond donors (Lipinski definition) is 1. The number of aliphatic imine (C=N–C) groups is 1. The second kappa shape index (κ2) is 10.1. The van der Waals surface area contributed by atoms with Gasteiger partial charge in [-0.25, -0.2) is 19.3 Å². The van der Waals surface area contributed by atoms with Crippen molar-refractivity contribution in [2.24, 2.45) is 16.6 Å². The molecule has 0 radical (unpaired) electrons. The van der Waals surface area contributed by atoms with Gasteiger partial charge in [-0.15, -0.1) is 6.42 Å². The summed E-state index contributed by atoms with van der Waals surface area (Å²) in [6.07, 6.45) is 10.5. The number of ether oxygens (including phenoxy) is 3. The molecule has 0 spiro atoms. The van der Waals surface area contributed by atoms with E-state index < -0.39 is 22.1 Å². The van der Waals surface area contributed by atoms with Crippen LogP contribution >= 0.6 is 11.8 Å². The van der Waals surface area contributed by atoms with Gasteiger partial charge in [-0.05, 0) is 31.1 Å². The van der Waals surface area contributed by atoms with Crippen LogP contribution in [0.4, 0.5) is 8.78 Å². The minimum Gasteiger partial charge on any atom is -0.463 e. The molecule has 2 N–H and O–H groups in total. The lowest BCUT2D eigenvalue weighted by atomic mass is 9.85. The van der Waals surface area contributed by atoms with Gasteiger partial charge in [0.1, 0.15) is 10.4 Å². The van der Waals surface area contributed by atoms with Gasteiger partial charge >= 0.3 is 0 Å². The topological polar surface area (TPSA) is 125 Å². The monoisotopic (exact) mass is 568 g/mol. The number of nitrogens with zero attached hydrogens (tertiary/aromatic N) is 5. The maximum Gasteiger partial charge on any atom is 0.240 e. The van der Waals surface area contributed by atoms with Crippen LogP contribution in [-0.4, -0.2) is 80.8 Å². The summed E-state index contributed by atoms with van der Waals surface area (Å²) in [5.41, 5.74) is 5.45. The van der Waals surface area contributed by atoms with E-state index in [1.54, 1.807) is 6.92 Å². The number of nitrogens with two attached hydrogens (primary N) is 1. The maximum absolute atomic E-state index is 15.3. The zero-order valence-electron chi connectivity index (χ0n) is 21.5. The first-order valence-electron chi connectivity index (χ1n) is 12.7. The molecule has 2 bridgehead atoms. The van der Waals surface area contributed by atoms with Crippen LogP contribution in [0.15, 0.2) is 29.6 Å². The normalized spacial score (nSPS) is 31.1. The van der Waals surface area contributed by atoms with E-state index in [1.807, 2.05) is 4.90 Å². The first kappa shape index (κ1) is 26.6. The second-order valence-electron chi connectivity index (χ2n) is 10.3. The first-order valence-corrected chi connectivity index (χ1v) is 13.5. The Kier molecular flexibility index (Phi) is 6.72. The fourth-order valence-corrected chi connectivity index (χ4v) is 7.17. The van der Waals surface area contributed by atoms with Gasteiger partial charge < -0.3 is 24.8 Å². The summed E-state index contributed by atoms with van der Waals surface area (Å²) in [4.78, 5) is 32.4. The van der Waals surface area contributed by atoms with E-state index in [-0.39, 0.29) is 58.4 Å². The summed E-state index contributed by atoms with van der Waals surface area (Å²) in [6, 6.07) is 1.12. The molecule has 2 aromatic rings. The summed E-state index contributed by atoms with van der Waals surface area (Å²) in [6.45, 7) is 3.36. The molecule has 3 fully saturated rings. The van der Waals surface area contributed by atoms with Crippen molar-refractivity contribution < 1.29 is 27.8 Å². The van der Waals surface area contributed by atoms with Crippen LogP contribution < -0.4 is 10.5 Å². The van der Waals surface area contributed by atoms with E-state index in [0.717, 1.165) is 0 Å². The van der Waals surface area contributed by atoms with Crippen LogP contribution in [0.5, 0.6) is 5.88 Å². The van der Waals surface area contributed by atoms with Crippen molar-refractivity contribution >= 4 is 34.7 Å². The Bertz CT molecular complexity index is 1430. The van der Waals surface area contributed by atoms with Gasteiger partial charge in [0.2, 0.25) is 17.7 Å². The molecule has 1 amide bonds. The van der Waals surface area contributed by atoms with Gasteiger partial charge in [-0.2, -0.15) is 4.39 Å². The summed E-state index contributed by atoms with van der Waals surface area (Å²) in [5, 5.41) is 0.188.